The van der Waals surface area contributed by atoms with Crippen LogP contribution in [0.4, 0.5) is 0 Å². The van der Waals surface area contributed by atoms with E-state index in [0.717, 1.165) is 18.4 Å². The molecule has 0 aliphatic heterocycles. The van der Waals surface area contributed by atoms with Crippen molar-refractivity contribution in [3.05, 3.63) is 35.4 Å². The molecule has 126 valence electrons. The highest BCUT2D eigenvalue weighted by Gasteiger charge is 2.13. The maximum Gasteiger partial charge on any atom is 0.335 e. The molecular weight excluding hydrogens is 294 g/mol. The van der Waals surface area contributed by atoms with Crippen LogP contribution in [0, 0.1) is 0 Å². The molecule has 5 heteroatoms. The van der Waals surface area contributed by atoms with E-state index in [1.54, 1.807) is 24.3 Å². The summed E-state index contributed by atoms with van der Waals surface area (Å²) in [5.41, 5.74) is 1.22. The van der Waals surface area contributed by atoms with Gasteiger partial charge in [0.2, 0.25) is 5.91 Å². The molecule has 1 aliphatic rings. The van der Waals surface area contributed by atoms with E-state index in [0.29, 0.717) is 32.1 Å². The van der Waals surface area contributed by atoms with Gasteiger partial charge in [0.1, 0.15) is 0 Å². The minimum atomic E-state index is -0.938. The number of benzene rings is 1. The Kier molecular flexibility index (Phi) is 7.07. The summed E-state index contributed by atoms with van der Waals surface area (Å²) in [4.78, 5) is 22.5. The number of nitrogens with one attached hydrogen (secondary N) is 1. The fourth-order valence-corrected chi connectivity index (χ4v) is 2.81. The first-order chi connectivity index (χ1) is 11.1. The topological polar surface area (TPSA) is 75.6 Å². The van der Waals surface area contributed by atoms with Gasteiger partial charge in [0, 0.05) is 13.0 Å². The largest absolute Gasteiger partial charge is 0.478 e. The van der Waals surface area contributed by atoms with Crippen LogP contribution < -0.4 is 5.32 Å². The van der Waals surface area contributed by atoms with Crippen LogP contribution >= 0.6 is 0 Å². The summed E-state index contributed by atoms with van der Waals surface area (Å²) in [7, 11) is 0. The highest BCUT2D eigenvalue weighted by Crippen LogP contribution is 2.19. The fraction of sp³-hybridized carbons (Fsp3) is 0.556. The summed E-state index contributed by atoms with van der Waals surface area (Å²) in [6.45, 7) is 1.12. The third-order valence-corrected chi connectivity index (χ3v) is 4.17. The second-order valence-electron chi connectivity index (χ2n) is 5.98. The molecule has 1 fully saturated rings. The van der Waals surface area contributed by atoms with Gasteiger partial charge < -0.3 is 15.2 Å². The lowest BCUT2D eigenvalue weighted by Gasteiger charge is -2.21. The Morgan fingerprint density at radius 3 is 2.48 bits per heavy atom. The SMILES string of the molecule is O=C(CCc1ccc(C(=O)O)cc1)NCCOC1CCCCC1. The van der Waals surface area contributed by atoms with Crippen molar-refractivity contribution in [2.45, 2.75) is 51.0 Å². The Hall–Kier alpha value is -1.88. The normalized spacial score (nSPS) is 15.3. The predicted molar refractivity (Wildman–Crippen MR) is 87.6 cm³/mol. The Labute approximate surface area is 137 Å². The van der Waals surface area contributed by atoms with Crippen LogP contribution in [-0.4, -0.2) is 36.2 Å². The molecule has 0 radical (unpaired) electrons. The maximum absolute atomic E-state index is 11.8. The molecule has 0 aromatic heterocycles. The van der Waals surface area contributed by atoms with Crippen molar-refractivity contribution >= 4 is 11.9 Å². The summed E-state index contributed by atoms with van der Waals surface area (Å²) in [6.07, 6.45) is 7.46. The van der Waals surface area contributed by atoms with E-state index in [1.807, 2.05) is 0 Å². The lowest BCUT2D eigenvalue weighted by Crippen LogP contribution is -2.29. The molecule has 2 rings (SSSR count). The third kappa shape index (κ3) is 6.40. The van der Waals surface area contributed by atoms with Crippen LogP contribution in [-0.2, 0) is 16.0 Å². The van der Waals surface area contributed by atoms with Crippen LogP contribution in [0.25, 0.3) is 0 Å². The number of carbonyl (C=O) groups is 2. The highest BCUT2D eigenvalue weighted by atomic mass is 16.5. The molecule has 0 saturated heterocycles. The number of amides is 1. The Bertz CT molecular complexity index is 506. The molecule has 5 nitrogen and oxygen atoms in total. The number of hydrogen-bond acceptors (Lipinski definition) is 3. The van der Waals surface area contributed by atoms with Crippen LogP contribution in [0.15, 0.2) is 24.3 Å². The van der Waals surface area contributed by atoms with Crippen molar-refractivity contribution in [3.8, 4) is 0 Å². The molecule has 0 unspecified atom stereocenters. The number of hydrogen-bond donors (Lipinski definition) is 2. The van der Waals surface area contributed by atoms with Crippen molar-refractivity contribution < 1.29 is 19.4 Å². The number of aryl methyl sites for hydroxylation is 1. The molecule has 1 aromatic rings. The zero-order chi connectivity index (χ0) is 16.5. The second kappa shape index (κ2) is 9.30. The first-order valence-corrected chi connectivity index (χ1v) is 8.35. The van der Waals surface area contributed by atoms with E-state index >= 15 is 0 Å². The van der Waals surface area contributed by atoms with Crippen LogP contribution in [0.1, 0.15) is 54.4 Å². The van der Waals surface area contributed by atoms with Crippen LogP contribution in [0.5, 0.6) is 0 Å². The monoisotopic (exact) mass is 319 g/mol. The van der Waals surface area contributed by atoms with Crippen molar-refractivity contribution in [3.63, 3.8) is 0 Å². The predicted octanol–water partition coefficient (Wildman–Crippen LogP) is 2.78. The first kappa shape index (κ1) is 17.5. The van der Waals surface area contributed by atoms with Crippen molar-refractivity contribution in [2.24, 2.45) is 0 Å². The van der Waals surface area contributed by atoms with Gasteiger partial charge in [-0.25, -0.2) is 4.79 Å². The van der Waals surface area contributed by atoms with E-state index in [-0.39, 0.29) is 11.5 Å². The molecule has 1 saturated carbocycles. The third-order valence-electron chi connectivity index (χ3n) is 4.17. The molecule has 1 aromatic carbocycles. The van der Waals surface area contributed by atoms with Gasteiger partial charge >= 0.3 is 5.97 Å². The Morgan fingerprint density at radius 2 is 1.83 bits per heavy atom. The van der Waals surface area contributed by atoms with Gasteiger partial charge in [0.25, 0.3) is 0 Å². The zero-order valence-corrected chi connectivity index (χ0v) is 13.4. The van der Waals surface area contributed by atoms with E-state index in [1.165, 1.54) is 19.3 Å². The molecule has 1 amide bonds. The number of ether oxygens (including phenoxy) is 1. The number of carboxylic acids is 1. The van der Waals surface area contributed by atoms with Gasteiger partial charge in [-0.2, -0.15) is 0 Å². The summed E-state index contributed by atoms with van der Waals surface area (Å²) in [6, 6.07) is 6.63. The van der Waals surface area contributed by atoms with Crippen LogP contribution in [0.2, 0.25) is 0 Å². The number of rotatable bonds is 8. The maximum atomic E-state index is 11.8. The second-order valence-corrected chi connectivity index (χ2v) is 5.98. The Morgan fingerprint density at radius 1 is 1.13 bits per heavy atom. The molecule has 1 aliphatic carbocycles. The van der Waals surface area contributed by atoms with E-state index in [4.69, 9.17) is 9.84 Å². The summed E-state index contributed by atoms with van der Waals surface area (Å²) < 4.78 is 5.76. The average Bonchev–Trinajstić information content (AvgIpc) is 2.58. The van der Waals surface area contributed by atoms with E-state index in [9.17, 15) is 9.59 Å². The number of aromatic carboxylic acids is 1. The first-order valence-electron chi connectivity index (χ1n) is 8.35. The summed E-state index contributed by atoms with van der Waals surface area (Å²) in [5.74, 6) is -0.938. The molecule has 2 N–H and O–H groups in total. The fourth-order valence-electron chi connectivity index (χ4n) is 2.81. The van der Waals surface area contributed by atoms with Crippen molar-refractivity contribution in [1.29, 1.82) is 0 Å². The minimum Gasteiger partial charge on any atom is -0.478 e. The minimum absolute atomic E-state index is 0.000412. The van der Waals surface area contributed by atoms with Gasteiger partial charge in [0.05, 0.1) is 18.3 Å². The number of carbonyl (C=O) groups excluding carboxylic acids is 1. The molecule has 0 heterocycles. The quantitative estimate of drug-likeness (QED) is 0.723. The van der Waals surface area contributed by atoms with Crippen molar-refractivity contribution in [1.82, 2.24) is 5.32 Å². The van der Waals surface area contributed by atoms with E-state index < -0.39 is 5.97 Å². The number of carboxylic acid groups (broad SMARTS) is 1. The average molecular weight is 319 g/mol. The van der Waals surface area contributed by atoms with Gasteiger partial charge in [-0.1, -0.05) is 31.4 Å². The van der Waals surface area contributed by atoms with E-state index in [2.05, 4.69) is 5.32 Å². The van der Waals surface area contributed by atoms with Gasteiger partial charge in [0.15, 0.2) is 0 Å². The van der Waals surface area contributed by atoms with Gasteiger partial charge in [-0.15, -0.1) is 0 Å². The van der Waals surface area contributed by atoms with Gasteiger partial charge in [-0.3, -0.25) is 4.79 Å². The lowest BCUT2D eigenvalue weighted by atomic mass is 9.98. The summed E-state index contributed by atoms with van der Waals surface area (Å²) >= 11 is 0. The van der Waals surface area contributed by atoms with Crippen molar-refractivity contribution in [2.75, 3.05) is 13.2 Å². The van der Waals surface area contributed by atoms with Gasteiger partial charge in [-0.05, 0) is 37.0 Å². The van der Waals surface area contributed by atoms with Crippen LogP contribution in [0.3, 0.4) is 0 Å². The smallest absolute Gasteiger partial charge is 0.335 e. The highest BCUT2D eigenvalue weighted by molar-refractivity contribution is 5.87. The molecular formula is C18H25NO4. The molecule has 0 bridgehead atoms. The molecule has 23 heavy (non-hydrogen) atoms. The summed E-state index contributed by atoms with van der Waals surface area (Å²) in [5, 5.41) is 11.7. The lowest BCUT2D eigenvalue weighted by molar-refractivity contribution is -0.121. The Balaban J connectivity index is 1.58. The standard InChI is InChI=1S/C18H25NO4/c20-17(19-12-13-23-16-4-2-1-3-5-16)11-8-14-6-9-15(10-7-14)18(21)22/h6-7,9-10,16H,1-5,8,11-13H2,(H,19,20)(H,21,22). The zero-order valence-electron chi connectivity index (χ0n) is 13.4. The molecule has 0 atom stereocenters. The molecule has 0 spiro atoms.